The molecule has 0 radical (unpaired) electrons. The van der Waals surface area contributed by atoms with E-state index < -0.39 is 11.7 Å². The summed E-state index contributed by atoms with van der Waals surface area (Å²) in [7, 11) is 2.34. The SMILES string of the molecule is Cc1[nH]ncc1NC(=O)c1c(F)cccc1P.O=CCNCCC1=CC=CC1. The minimum absolute atomic E-state index is 0.0260. The third-order valence-electron chi connectivity index (χ3n) is 4.05. The average molecular weight is 402 g/mol. The number of anilines is 1. The molecule has 6 nitrogen and oxygen atoms in total. The average Bonchev–Trinajstić information content (AvgIpc) is 3.32. The van der Waals surface area contributed by atoms with Gasteiger partial charge in [0.05, 0.1) is 29.7 Å². The molecule has 0 fully saturated rings. The summed E-state index contributed by atoms with van der Waals surface area (Å²) in [5, 5.41) is 12.6. The lowest BCUT2D eigenvalue weighted by atomic mass is 10.2. The van der Waals surface area contributed by atoms with Crippen molar-refractivity contribution in [3.8, 4) is 0 Å². The number of aldehydes is 1. The summed E-state index contributed by atoms with van der Waals surface area (Å²) in [4.78, 5) is 21.8. The lowest BCUT2D eigenvalue weighted by molar-refractivity contribution is -0.107. The summed E-state index contributed by atoms with van der Waals surface area (Å²) < 4.78 is 13.5. The highest BCUT2D eigenvalue weighted by Gasteiger charge is 2.15. The molecule has 1 aliphatic rings. The predicted octanol–water partition coefficient (Wildman–Crippen LogP) is 2.66. The van der Waals surface area contributed by atoms with Crippen LogP contribution in [0.5, 0.6) is 0 Å². The molecule has 0 saturated carbocycles. The molecule has 148 valence electrons. The molecule has 1 aromatic heterocycles. The van der Waals surface area contributed by atoms with Crippen molar-refractivity contribution < 1.29 is 14.0 Å². The fourth-order valence-electron chi connectivity index (χ4n) is 2.53. The highest BCUT2D eigenvalue weighted by Crippen LogP contribution is 2.14. The first-order valence-corrected chi connectivity index (χ1v) is 9.45. The molecule has 1 amide bonds. The number of carbonyl (C=O) groups excluding carboxylic acids is 2. The molecule has 8 heteroatoms. The highest BCUT2D eigenvalue weighted by atomic mass is 31.0. The molecule has 3 N–H and O–H groups in total. The molecule has 1 aliphatic carbocycles. The third kappa shape index (κ3) is 6.51. The van der Waals surface area contributed by atoms with Crippen molar-refractivity contribution >= 4 is 32.4 Å². The minimum atomic E-state index is -0.545. The van der Waals surface area contributed by atoms with Crippen LogP contribution in [-0.2, 0) is 4.79 Å². The Morgan fingerprint density at radius 3 is 2.86 bits per heavy atom. The Morgan fingerprint density at radius 1 is 1.43 bits per heavy atom. The first-order valence-electron chi connectivity index (χ1n) is 8.87. The number of rotatable bonds is 7. The lowest BCUT2D eigenvalue weighted by Gasteiger charge is -2.07. The monoisotopic (exact) mass is 402 g/mol. The summed E-state index contributed by atoms with van der Waals surface area (Å²) in [6.45, 7) is 3.15. The fraction of sp³-hybridized carbons (Fsp3) is 0.250. The van der Waals surface area contributed by atoms with Crippen LogP contribution in [0.25, 0.3) is 0 Å². The molecular weight excluding hydrogens is 378 g/mol. The molecule has 1 unspecified atom stereocenters. The summed E-state index contributed by atoms with van der Waals surface area (Å²) in [5.41, 5.74) is 2.74. The van der Waals surface area contributed by atoms with Crippen molar-refractivity contribution in [3.05, 3.63) is 65.3 Å². The van der Waals surface area contributed by atoms with Crippen molar-refractivity contribution in [1.82, 2.24) is 15.5 Å². The van der Waals surface area contributed by atoms with Gasteiger partial charge in [0.15, 0.2) is 0 Å². The number of nitrogens with zero attached hydrogens (tertiary/aromatic N) is 1. The first-order chi connectivity index (χ1) is 13.5. The number of aromatic amines is 1. The van der Waals surface area contributed by atoms with Gasteiger partial charge in [0.25, 0.3) is 5.91 Å². The first kappa shape index (κ1) is 21.7. The Bertz CT molecular complexity index is 857. The van der Waals surface area contributed by atoms with E-state index in [1.807, 2.05) is 0 Å². The number of carbonyl (C=O) groups is 2. The second-order valence-electron chi connectivity index (χ2n) is 6.14. The summed E-state index contributed by atoms with van der Waals surface area (Å²) in [5.74, 6) is -1.03. The van der Waals surface area contributed by atoms with Crippen LogP contribution in [0.1, 0.15) is 28.9 Å². The van der Waals surface area contributed by atoms with Gasteiger partial charge in [-0.25, -0.2) is 4.39 Å². The van der Waals surface area contributed by atoms with Gasteiger partial charge in [0.2, 0.25) is 0 Å². The molecule has 0 bridgehead atoms. The van der Waals surface area contributed by atoms with Gasteiger partial charge in [-0.15, -0.1) is 9.24 Å². The largest absolute Gasteiger partial charge is 0.319 e. The van der Waals surface area contributed by atoms with Gasteiger partial charge in [-0.2, -0.15) is 5.10 Å². The minimum Gasteiger partial charge on any atom is -0.319 e. The molecule has 1 atom stereocenters. The van der Waals surface area contributed by atoms with E-state index in [9.17, 15) is 14.0 Å². The van der Waals surface area contributed by atoms with E-state index in [0.29, 0.717) is 17.5 Å². The molecule has 2 aromatic rings. The van der Waals surface area contributed by atoms with Crippen LogP contribution in [0.2, 0.25) is 0 Å². The number of hydrogen-bond donors (Lipinski definition) is 3. The normalized spacial score (nSPS) is 12.2. The number of aromatic nitrogens is 2. The quantitative estimate of drug-likeness (QED) is 0.378. The Morgan fingerprint density at radius 2 is 2.25 bits per heavy atom. The number of amides is 1. The van der Waals surface area contributed by atoms with Crippen molar-refractivity contribution in [3.63, 3.8) is 0 Å². The summed E-state index contributed by atoms with van der Waals surface area (Å²) in [6, 6.07) is 4.47. The van der Waals surface area contributed by atoms with E-state index in [1.165, 1.54) is 17.8 Å². The zero-order valence-electron chi connectivity index (χ0n) is 15.7. The van der Waals surface area contributed by atoms with Gasteiger partial charge in [0.1, 0.15) is 12.1 Å². The van der Waals surface area contributed by atoms with Crippen LogP contribution in [0.15, 0.2) is 48.2 Å². The number of allylic oxidation sites excluding steroid dienone is 3. The van der Waals surface area contributed by atoms with Gasteiger partial charge in [-0.3, -0.25) is 9.89 Å². The molecule has 0 aliphatic heterocycles. The summed E-state index contributed by atoms with van der Waals surface area (Å²) in [6.07, 6.45) is 10.9. The third-order valence-corrected chi connectivity index (χ3v) is 4.53. The second kappa shape index (κ2) is 11.3. The Hall–Kier alpha value is -2.63. The predicted molar refractivity (Wildman–Crippen MR) is 112 cm³/mol. The number of H-pyrrole nitrogens is 1. The molecular formula is C20H24FN4O2P. The number of hydrogen-bond acceptors (Lipinski definition) is 4. The maximum atomic E-state index is 13.5. The zero-order chi connectivity index (χ0) is 20.4. The Kier molecular flexibility index (Phi) is 8.72. The van der Waals surface area contributed by atoms with Crippen LogP contribution >= 0.6 is 9.24 Å². The van der Waals surface area contributed by atoms with Crippen LogP contribution in [-0.4, -0.2) is 35.5 Å². The Balaban J connectivity index is 0.000000221. The smallest absolute Gasteiger partial charge is 0.259 e. The van der Waals surface area contributed by atoms with Gasteiger partial charge in [0, 0.05) is 0 Å². The van der Waals surface area contributed by atoms with Gasteiger partial charge < -0.3 is 15.4 Å². The number of benzene rings is 1. The molecule has 0 spiro atoms. The lowest BCUT2D eigenvalue weighted by Crippen LogP contribution is -2.20. The van der Waals surface area contributed by atoms with Gasteiger partial charge >= 0.3 is 0 Å². The van der Waals surface area contributed by atoms with E-state index >= 15 is 0 Å². The topological polar surface area (TPSA) is 86.9 Å². The number of halogens is 1. The van der Waals surface area contributed by atoms with Crippen LogP contribution in [0.3, 0.4) is 0 Å². The highest BCUT2D eigenvalue weighted by molar-refractivity contribution is 7.27. The van der Waals surface area contributed by atoms with E-state index in [1.54, 1.807) is 19.1 Å². The van der Waals surface area contributed by atoms with Crippen molar-refractivity contribution in [1.29, 1.82) is 0 Å². The zero-order valence-corrected chi connectivity index (χ0v) is 16.8. The van der Waals surface area contributed by atoms with E-state index in [-0.39, 0.29) is 5.56 Å². The van der Waals surface area contributed by atoms with E-state index in [0.717, 1.165) is 31.4 Å². The van der Waals surface area contributed by atoms with Crippen LogP contribution in [0.4, 0.5) is 10.1 Å². The molecule has 3 rings (SSSR count). The molecule has 0 saturated heterocycles. The van der Waals surface area contributed by atoms with E-state index in [4.69, 9.17) is 0 Å². The van der Waals surface area contributed by atoms with Crippen LogP contribution in [0, 0.1) is 12.7 Å². The molecule has 1 aromatic carbocycles. The Labute approximate surface area is 165 Å². The van der Waals surface area contributed by atoms with Crippen molar-refractivity contribution in [2.45, 2.75) is 19.8 Å². The second-order valence-corrected chi connectivity index (χ2v) is 6.77. The van der Waals surface area contributed by atoms with E-state index in [2.05, 4.69) is 48.3 Å². The maximum absolute atomic E-state index is 13.5. The fourth-order valence-corrected chi connectivity index (χ4v) is 2.91. The van der Waals surface area contributed by atoms with Gasteiger partial charge in [-0.05, 0) is 37.7 Å². The molecule has 1 heterocycles. The molecule has 28 heavy (non-hydrogen) atoms. The number of nitrogens with one attached hydrogen (secondary N) is 3. The van der Waals surface area contributed by atoms with Crippen molar-refractivity contribution in [2.75, 3.05) is 18.4 Å². The van der Waals surface area contributed by atoms with Crippen molar-refractivity contribution in [2.24, 2.45) is 0 Å². The maximum Gasteiger partial charge on any atom is 0.259 e. The summed E-state index contributed by atoms with van der Waals surface area (Å²) >= 11 is 0. The van der Waals surface area contributed by atoms with Gasteiger partial charge in [-0.1, -0.05) is 35.9 Å². The van der Waals surface area contributed by atoms with Crippen LogP contribution < -0.4 is 15.9 Å². The number of aryl methyl sites for hydroxylation is 1. The standard InChI is InChI=1S/C11H11FN3OP.C9H13NO/c1-6-8(5-13-15-6)14-11(16)10-7(12)3-2-4-9(10)17;11-8-7-10-6-5-9-3-1-2-4-9/h2-5H,17H2,1H3,(H,13,15)(H,14,16);1-3,8,10H,4-7H2.